The molecule has 2 N–H and O–H groups in total. The van der Waals surface area contributed by atoms with Gasteiger partial charge >= 0.3 is 0 Å². The van der Waals surface area contributed by atoms with E-state index in [4.69, 9.17) is 5.73 Å². The molecule has 1 aromatic carbocycles. The summed E-state index contributed by atoms with van der Waals surface area (Å²) in [5.74, 6) is -0.0275. The van der Waals surface area contributed by atoms with E-state index < -0.39 is 6.04 Å². The molecule has 1 aromatic rings. The lowest BCUT2D eigenvalue weighted by Gasteiger charge is -2.35. The molecule has 2 rings (SSSR count). The van der Waals surface area contributed by atoms with Crippen LogP contribution in [0.15, 0.2) is 30.3 Å². The van der Waals surface area contributed by atoms with Gasteiger partial charge in [-0.1, -0.05) is 18.2 Å². The maximum absolute atomic E-state index is 12.2. The second kappa shape index (κ2) is 5.84. The number of hydrogen-bond donors (Lipinski definition) is 1. The average Bonchev–Trinajstić information content (AvgIpc) is 2.46. The quantitative estimate of drug-likeness (QED) is 0.833. The molecular formula is C14H19N3O2. The summed E-state index contributed by atoms with van der Waals surface area (Å²) in [6.07, 6.45) is 0. The first kappa shape index (κ1) is 13.5. The lowest BCUT2D eigenvalue weighted by Crippen LogP contribution is -2.53. The monoisotopic (exact) mass is 261 g/mol. The summed E-state index contributed by atoms with van der Waals surface area (Å²) >= 11 is 0. The molecule has 0 saturated carbocycles. The fourth-order valence-electron chi connectivity index (χ4n) is 2.18. The zero-order valence-electron chi connectivity index (χ0n) is 11.1. The van der Waals surface area contributed by atoms with Gasteiger partial charge < -0.3 is 15.5 Å². The van der Waals surface area contributed by atoms with E-state index in [0.717, 1.165) is 0 Å². The summed E-state index contributed by atoms with van der Waals surface area (Å²) in [7, 11) is 0. The van der Waals surface area contributed by atoms with E-state index in [1.807, 2.05) is 30.3 Å². The van der Waals surface area contributed by atoms with E-state index in [-0.39, 0.29) is 11.8 Å². The second-order valence-electron chi connectivity index (χ2n) is 4.77. The zero-order valence-corrected chi connectivity index (χ0v) is 11.1. The molecule has 2 amide bonds. The molecule has 1 atom stereocenters. The summed E-state index contributed by atoms with van der Waals surface area (Å²) in [4.78, 5) is 27.4. The van der Waals surface area contributed by atoms with E-state index >= 15 is 0 Å². The number of nitrogens with two attached hydrogens (primary N) is 1. The fraction of sp³-hybridized carbons (Fsp3) is 0.429. The normalized spacial score (nSPS) is 17.2. The van der Waals surface area contributed by atoms with Crippen LogP contribution in [0.4, 0.5) is 0 Å². The Labute approximate surface area is 113 Å². The molecule has 0 radical (unpaired) electrons. The minimum absolute atomic E-state index is 0.0218. The van der Waals surface area contributed by atoms with Gasteiger partial charge in [0.15, 0.2) is 0 Å². The molecule has 0 aromatic heterocycles. The van der Waals surface area contributed by atoms with Crippen molar-refractivity contribution in [3.05, 3.63) is 35.9 Å². The lowest BCUT2D eigenvalue weighted by atomic mass is 10.1. The SMILES string of the molecule is CC(N)C(=O)N1CCN(C(=O)c2ccccc2)CC1. The van der Waals surface area contributed by atoms with Gasteiger partial charge in [-0.3, -0.25) is 9.59 Å². The van der Waals surface area contributed by atoms with Gasteiger partial charge in [0, 0.05) is 31.7 Å². The number of carbonyl (C=O) groups is 2. The molecule has 102 valence electrons. The summed E-state index contributed by atoms with van der Waals surface area (Å²) in [6, 6.07) is 8.72. The van der Waals surface area contributed by atoms with Crippen LogP contribution in [-0.4, -0.2) is 53.8 Å². The highest BCUT2D eigenvalue weighted by Crippen LogP contribution is 2.09. The Hall–Kier alpha value is -1.88. The van der Waals surface area contributed by atoms with Gasteiger partial charge in [0.2, 0.25) is 5.91 Å². The molecular weight excluding hydrogens is 242 g/mol. The molecule has 1 aliphatic rings. The number of amides is 2. The van der Waals surface area contributed by atoms with Gasteiger partial charge in [-0.15, -0.1) is 0 Å². The van der Waals surface area contributed by atoms with Gasteiger partial charge in [0.25, 0.3) is 5.91 Å². The van der Waals surface area contributed by atoms with Crippen LogP contribution >= 0.6 is 0 Å². The largest absolute Gasteiger partial charge is 0.338 e. The molecule has 5 heteroatoms. The van der Waals surface area contributed by atoms with Crippen molar-refractivity contribution < 1.29 is 9.59 Å². The molecule has 1 fully saturated rings. The Kier molecular flexibility index (Phi) is 4.16. The van der Waals surface area contributed by atoms with Gasteiger partial charge in [0.1, 0.15) is 0 Å². The Morgan fingerprint density at radius 1 is 1.05 bits per heavy atom. The lowest BCUT2D eigenvalue weighted by molar-refractivity contribution is -0.133. The van der Waals surface area contributed by atoms with Crippen molar-refractivity contribution in [2.45, 2.75) is 13.0 Å². The summed E-state index contributed by atoms with van der Waals surface area (Å²) in [6.45, 7) is 3.92. The highest BCUT2D eigenvalue weighted by Gasteiger charge is 2.25. The van der Waals surface area contributed by atoms with Crippen LogP contribution in [0.2, 0.25) is 0 Å². The highest BCUT2D eigenvalue weighted by molar-refractivity contribution is 5.94. The van der Waals surface area contributed by atoms with Crippen LogP contribution in [0.5, 0.6) is 0 Å². The Balaban J connectivity index is 1.94. The summed E-state index contributed by atoms with van der Waals surface area (Å²) in [5, 5.41) is 0. The third-order valence-corrected chi connectivity index (χ3v) is 3.29. The Morgan fingerprint density at radius 2 is 1.58 bits per heavy atom. The average molecular weight is 261 g/mol. The first-order chi connectivity index (χ1) is 9.09. The number of carbonyl (C=O) groups excluding carboxylic acids is 2. The maximum atomic E-state index is 12.2. The Morgan fingerprint density at radius 3 is 2.11 bits per heavy atom. The van der Waals surface area contributed by atoms with Crippen molar-refractivity contribution >= 4 is 11.8 Å². The number of rotatable bonds is 2. The minimum Gasteiger partial charge on any atom is -0.338 e. The smallest absolute Gasteiger partial charge is 0.253 e. The van der Waals surface area contributed by atoms with Gasteiger partial charge in [-0.25, -0.2) is 0 Å². The summed E-state index contributed by atoms with van der Waals surface area (Å²) < 4.78 is 0. The molecule has 1 saturated heterocycles. The van der Waals surface area contributed by atoms with Crippen LogP contribution < -0.4 is 5.73 Å². The van der Waals surface area contributed by atoms with Crippen molar-refractivity contribution in [3.8, 4) is 0 Å². The fourth-order valence-corrected chi connectivity index (χ4v) is 2.18. The number of hydrogen-bond acceptors (Lipinski definition) is 3. The standard InChI is InChI=1S/C14H19N3O2/c1-11(15)13(18)16-7-9-17(10-8-16)14(19)12-5-3-2-4-6-12/h2-6,11H,7-10,15H2,1H3. The topological polar surface area (TPSA) is 66.6 Å². The van der Waals surface area contributed by atoms with Crippen molar-refractivity contribution in [2.24, 2.45) is 5.73 Å². The van der Waals surface area contributed by atoms with Crippen LogP contribution in [-0.2, 0) is 4.79 Å². The van der Waals surface area contributed by atoms with Gasteiger partial charge in [0.05, 0.1) is 6.04 Å². The first-order valence-electron chi connectivity index (χ1n) is 6.48. The second-order valence-corrected chi connectivity index (χ2v) is 4.77. The van der Waals surface area contributed by atoms with E-state index in [1.54, 1.807) is 16.7 Å². The number of benzene rings is 1. The van der Waals surface area contributed by atoms with Crippen molar-refractivity contribution in [1.82, 2.24) is 9.80 Å². The molecule has 1 unspecified atom stereocenters. The number of nitrogens with zero attached hydrogens (tertiary/aromatic N) is 2. The molecule has 1 aliphatic heterocycles. The predicted molar refractivity (Wildman–Crippen MR) is 72.6 cm³/mol. The van der Waals surface area contributed by atoms with E-state index in [0.29, 0.717) is 31.7 Å². The van der Waals surface area contributed by atoms with E-state index in [2.05, 4.69) is 0 Å². The number of piperazine rings is 1. The molecule has 0 spiro atoms. The molecule has 0 aliphatic carbocycles. The Bertz CT molecular complexity index is 451. The third kappa shape index (κ3) is 3.12. The van der Waals surface area contributed by atoms with Crippen LogP contribution in [0, 0.1) is 0 Å². The van der Waals surface area contributed by atoms with Crippen LogP contribution in [0.25, 0.3) is 0 Å². The molecule has 19 heavy (non-hydrogen) atoms. The van der Waals surface area contributed by atoms with Gasteiger partial charge in [-0.2, -0.15) is 0 Å². The van der Waals surface area contributed by atoms with E-state index in [1.165, 1.54) is 0 Å². The van der Waals surface area contributed by atoms with Crippen molar-refractivity contribution in [2.75, 3.05) is 26.2 Å². The summed E-state index contributed by atoms with van der Waals surface area (Å²) in [5.41, 5.74) is 6.27. The van der Waals surface area contributed by atoms with Crippen molar-refractivity contribution in [1.29, 1.82) is 0 Å². The maximum Gasteiger partial charge on any atom is 0.253 e. The van der Waals surface area contributed by atoms with Crippen molar-refractivity contribution in [3.63, 3.8) is 0 Å². The first-order valence-corrected chi connectivity index (χ1v) is 6.48. The molecule has 5 nitrogen and oxygen atoms in total. The van der Waals surface area contributed by atoms with Crippen LogP contribution in [0.1, 0.15) is 17.3 Å². The van der Waals surface area contributed by atoms with Gasteiger partial charge in [-0.05, 0) is 19.1 Å². The minimum atomic E-state index is -0.476. The third-order valence-electron chi connectivity index (χ3n) is 3.29. The van der Waals surface area contributed by atoms with E-state index in [9.17, 15) is 9.59 Å². The zero-order chi connectivity index (χ0) is 13.8. The molecule has 1 heterocycles. The van der Waals surface area contributed by atoms with Crippen LogP contribution in [0.3, 0.4) is 0 Å². The molecule has 0 bridgehead atoms. The highest BCUT2D eigenvalue weighted by atomic mass is 16.2. The predicted octanol–water partition coefficient (Wildman–Crippen LogP) is 0.318.